The van der Waals surface area contributed by atoms with E-state index in [2.05, 4.69) is 11.9 Å². The minimum Gasteiger partial charge on any atom is -0.288 e. The molecule has 1 aromatic rings. The van der Waals surface area contributed by atoms with E-state index in [-0.39, 0.29) is 23.3 Å². The van der Waals surface area contributed by atoms with Crippen LogP contribution in [0.15, 0.2) is 24.4 Å². The zero-order chi connectivity index (χ0) is 14.5. The molecule has 0 spiro atoms. The van der Waals surface area contributed by atoms with E-state index in [0.29, 0.717) is 12.4 Å². The van der Waals surface area contributed by atoms with Crippen LogP contribution in [0.1, 0.15) is 32.6 Å². The van der Waals surface area contributed by atoms with Crippen LogP contribution in [0.25, 0.3) is 0 Å². The summed E-state index contributed by atoms with van der Waals surface area (Å²) in [5.41, 5.74) is 0. The van der Waals surface area contributed by atoms with Crippen LogP contribution in [0.2, 0.25) is 0 Å². The third-order valence-electron chi connectivity index (χ3n) is 3.14. The highest BCUT2D eigenvalue weighted by Gasteiger charge is 2.35. The first-order valence-electron chi connectivity index (χ1n) is 6.73. The van der Waals surface area contributed by atoms with Gasteiger partial charge in [-0.1, -0.05) is 25.8 Å². The van der Waals surface area contributed by atoms with E-state index in [0.717, 1.165) is 19.3 Å². The van der Waals surface area contributed by atoms with Crippen molar-refractivity contribution in [3.8, 4) is 0 Å². The number of nitrogens with zero attached hydrogens (tertiary/aromatic N) is 3. The molecule has 0 unspecified atom stereocenters. The van der Waals surface area contributed by atoms with Crippen LogP contribution in [0.3, 0.4) is 0 Å². The lowest BCUT2D eigenvalue weighted by Gasteiger charge is -2.34. The predicted molar refractivity (Wildman–Crippen MR) is 80.2 cm³/mol. The summed E-state index contributed by atoms with van der Waals surface area (Å²) in [7, 11) is 0. The van der Waals surface area contributed by atoms with Crippen molar-refractivity contribution >= 4 is 35.0 Å². The molecular formula is C14H17N3O2S. The van der Waals surface area contributed by atoms with E-state index in [1.54, 1.807) is 24.4 Å². The average molecular weight is 291 g/mol. The first-order valence-corrected chi connectivity index (χ1v) is 7.14. The molecule has 0 bridgehead atoms. The molecule has 2 rings (SSSR count). The molecule has 0 atom stereocenters. The maximum atomic E-state index is 12.0. The fourth-order valence-corrected chi connectivity index (χ4v) is 2.48. The standard InChI is InChI=1S/C14H17N3O2S/c1-2-3-6-9-16-12(18)10-13(19)17(14(16)20)11-7-4-5-8-15-11/h4-5,7-8H,2-3,6,9-10H2,1H3. The average Bonchev–Trinajstić information content (AvgIpc) is 2.43. The summed E-state index contributed by atoms with van der Waals surface area (Å²) >= 11 is 5.30. The van der Waals surface area contributed by atoms with Crippen LogP contribution in [0, 0.1) is 0 Å². The van der Waals surface area contributed by atoms with E-state index < -0.39 is 0 Å². The Hall–Kier alpha value is -1.82. The lowest BCUT2D eigenvalue weighted by Crippen LogP contribution is -2.55. The summed E-state index contributed by atoms with van der Waals surface area (Å²) in [6, 6.07) is 5.27. The van der Waals surface area contributed by atoms with E-state index >= 15 is 0 Å². The van der Waals surface area contributed by atoms with Gasteiger partial charge in [-0.3, -0.25) is 14.5 Å². The molecule has 0 N–H and O–H groups in total. The fraction of sp³-hybridized carbons (Fsp3) is 0.429. The lowest BCUT2D eigenvalue weighted by molar-refractivity contribution is -0.133. The zero-order valence-corrected chi connectivity index (χ0v) is 12.2. The third-order valence-corrected chi connectivity index (χ3v) is 3.54. The fourth-order valence-electron chi connectivity index (χ4n) is 2.09. The van der Waals surface area contributed by atoms with Gasteiger partial charge < -0.3 is 0 Å². The van der Waals surface area contributed by atoms with Gasteiger partial charge in [0, 0.05) is 12.7 Å². The van der Waals surface area contributed by atoms with Crippen molar-refractivity contribution in [2.75, 3.05) is 11.4 Å². The molecule has 1 aliphatic rings. The second-order valence-corrected chi connectivity index (χ2v) is 4.99. The Morgan fingerprint density at radius 1 is 1.25 bits per heavy atom. The minimum atomic E-state index is -0.314. The number of amides is 2. The summed E-state index contributed by atoms with van der Waals surface area (Å²) < 4.78 is 0. The van der Waals surface area contributed by atoms with E-state index in [9.17, 15) is 9.59 Å². The molecule has 1 saturated heterocycles. The predicted octanol–water partition coefficient (Wildman–Crippen LogP) is 2.12. The highest BCUT2D eigenvalue weighted by Crippen LogP contribution is 2.20. The summed E-state index contributed by atoms with van der Waals surface area (Å²) in [6.45, 7) is 2.65. The van der Waals surface area contributed by atoms with E-state index in [4.69, 9.17) is 12.2 Å². The van der Waals surface area contributed by atoms with E-state index in [1.807, 2.05) is 0 Å². The van der Waals surface area contributed by atoms with Gasteiger partial charge in [0.15, 0.2) is 5.11 Å². The van der Waals surface area contributed by atoms with E-state index in [1.165, 1.54) is 9.80 Å². The quantitative estimate of drug-likeness (QED) is 0.474. The normalized spacial score (nSPS) is 15.9. The largest absolute Gasteiger partial charge is 0.288 e. The maximum Gasteiger partial charge on any atom is 0.244 e. The van der Waals surface area contributed by atoms with Crippen molar-refractivity contribution in [3.63, 3.8) is 0 Å². The number of carbonyl (C=O) groups is 2. The number of unbranched alkanes of at least 4 members (excludes halogenated alkanes) is 2. The molecule has 1 aromatic heterocycles. The topological polar surface area (TPSA) is 53.5 Å². The van der Waals surface area contributed by atoms with Gasteiger partial charge in [-0.25, -0.2) is 9.88 Å². The summed E-state index contributed by atoms with van der Waals surface area (Å²) in [5, 5.41) is 0.237. The molecule has 2 amide bonds. The lowest BCUT2D eigenvalue weighted by atomic mass is 10.2. The molecule has 1 fully saturated rings. The van der Waals surface area contributed by atoms with Crippen molar-refractivity contribution in [2.45, 2.75) is 32.6 Å². The molecule has 0 saturated carbocycles. The Morgan fingerprint density at radius 2 is 2.05 bits per heavy atom. The van der Waals surface area contributed by atoms with Gasteiger partial charge in [0.25, 0.3) is 0 Å². The van der Waals surface area contributed by atoms with Gasteiger partial charge in [-0.05, 0) is 30.8 Å². The Bertz CT molecular complexity index is 518. The number of thiocarbonyl (C=S) groups is 1. The first-order chi connectivity index (χ1) is 9.65. The molecule has 106 valence electrons. The van der Waals surface area contributed by atoms with Crippen molar-refractivity contribution in [3.05, 3.63) is 24.4 Å². The second-order valence-electron chi connectivity index (χ2n) is 4.63. The summed E-state index contributed by atoms with van der Waals surface area (Å²) in [5.74, 6) is -0.0655. The Kier molecular flexibility index (Phi) is 4.79. The van der Waals surface area contributed by atoms with Crippen LogP contribution in [-0.4, -0.2) is 33.4 Å². The smallest absolute Gasteiger partial charge is 0.244 e. The van der Waals surface area contributed by atoms with Crippen LogP contribution >= 0.6 is 12.2 Å². The van der Waals surface area contributed by atoms with Gasteiger partial charge in [0.1, 0.15) is 12.2 Å². The van der Waals surface area contributed by atoms with Crippen molar-refractivity contribution < 1.29 is 9.59 Å². The van der Waals surface area contributed by atoms with Crippen molar-refractivity contribution in [1.82, 2.24) is 9.88 Å². The van der Waals surface area contributed by atoms with Gasteiger partial charge >= 0.3 is 0 Å². The second kappa shape index (κ2) is 6.56. The van der Waals surface area contributed by atoms with Crippen LogP contribution < -0.4 is 4.90 Å². The molecule has 0 aromatic carbocycles. The van der Waals surface area contributed by atoms with Crippen LogP contribution in [0.5, 0.6) is 0 Å². The van der Waals surface area contributed by atoms with Crippen LogP contribution in [-0.2, 0) is 9.59 Å². The SMILES string of the molecule is CCCCCN1C(=O)CC(=O)N(c2ccccn2)C1=S. The third kappa shape index (κ3) is 3.01. The van der Waals surface area contributed by atoms with Crippen LogP contribution in [0.4, 0.5) is 5.82 Å². The number of carbonyl (C=O) groups excluding carboxylic acids is 2. The summed E-state index contributed by atoms with van der Waals surface area (Å²) in [4.78, 5) is 31.0. The highest BCUT2D eigenvalue weighted by molar-refractivity contribution is 7.80. The minimum absolute atomic E-state index is 0.150. The summed E-state index contributed by atoms with van der Waals surface area (Å²) in [6.07, 6.45) is 4.43. The Labute approximate surface area is 123 Å². The first kappa shape index (κ1) is 14.6. The Morgan fingerprint density at radius 3 is 2.70 bits per heavy atom. The van der Waals surface area contributed by atoms with Crippen molar-refractivity contribution in [2.24, 2.45) is 0 Å². The van der Waals surface area contributed by atoms with Crippen molar-refractivity contribution in [1.29, 1.82) is 0 Å². The molecule has 20 heavy (non-hydrogen) atoms. The molecule has 5 nitrogen and oxygen atoms in total. The number of hydrogen-bond acceptors (Lipinski definition) is 4. The maximum absolute atomic E-state index is 12.0. The molecular weight excluding hydrogens is 274 g/mol. The van der Waals surface area contributed by atoms with Gasteiger partial charge in [-0.2, -0.15) is 0 Å². The molecule has 0 radical (unpaired) electrons. The zero-order valence-electron chi connectivity index (χ0n) is 11.4. The number of anilines is 1. The highest BCUT2D eigenvalue weighted by atomic mass is 32.1. The van der Waals surface area contributed by atoms with Gasteiger partial charge in [0.2, 0.25) is 11.8 Å². The Balaban J connectivity index is 2.18. The molecule has 0 aliphatic carbocycles. The number of aromatic nitrogens is 1. The monoisotopic (exact) mass is 291 g/mol. The number of hydrogen-bond donors (Lipinski definition) is 0. The number of pyridine rings is 1. The molecule has 2 heterocycles. The van der Waals surface area contributed by atoms with Gasteiger partial charge in [-0.15, -0.1) is 0 Å². The van der Waals surface area contributed by atoms with Gasteiger partial charge in [0.05, 0.1) is 0 Å². The molecule has 6 heteroatoms. The number of rotatable bonds is 5. The molecule has 1 aliphatic heterocycles.